The van der Waals surface area contributed by atoms with Crippen LogP contribution in [0.4, 0.5) is 5.69 Å². The van der Waals surface area contributed by atoms with Gasteiger partial charge in [-0.3, -0.25) is 14.4 Å². The number of nitrogens with one attached hydrogen (secondary N) is 1. The monoisotopic (exact) mass is 343 g/mol. The average Bonchev–Trinajstić information content (AvgIpc) is 3.24. The highest BCUT2D eigenvalue weighted by atomic mass is 16.3. The van der Waals surface area contributed by atoms with E-state index in [1.165, 1.54) is 22.9 Å². The predicted molar refractivity (Wildman–Crippen MR) is 92.1 cm³/mol. The minimum atomic E-state index is -0.712. The summed E-state index contributed by atoms with van der Waals surface area (Å²) >= 11 is 0. The standard InChI is InChI=1S/C18H21N3O4/c1-3-20-11-13(7-9-16(20)22)19-17(23)18(24)21-10-4-5-14(21)15-8-6-12(2)25-15/h6-9,11,14H,3-5,10H2,1-2H3,(H,19,23). The van der Waals surface area contributed by atoms with Crippen LogP contribution in [0.15, 0.2) is 39.7 Å². The zero-order valence-corrected chi connectivity index (χ0v) is 14.3. The molecule has 3 rings (SSSR count). The van der Waals surface area contributed by atoms with Gasteiger partial charge in [0.05, 0.1) is 11.7 Å². The van der Waals surface area contributed by atoms with Crippen molar-refractivity contribution in [2.45, 2.75) is 39.3 Å². The Morgan fingerprint density at radius 2 is 2.08 bits per heavy atom. The van der Waals surface area contributed by atoms with Crippen molar-refractivity contribution < 1.29 is 14.0 Å². The maximum Gasteiger partial charge on any atom is 0.313 e. The molecule has 1 aliphatic heterocycles. The molecule has 7 heteroatoms. The first-order valence-corrected chi connectivity index (χ1v) is 8.38. The number of amides is 2. The van der Waals surface area contributed by atoms with Gasteiger partial charge in [0.25, 0.3) is 5.56 Å². The molecule has 3 heterocycles. The molecule has 0 spiro atoms. The Labute approximate surface area is 145 Å². The summed E-state index contributed by atoms with van der Waals surface area (Å²) in [6, 6.07) is 6.35. The number of rotatable bonds is 3. The number of furan rings is 1. The van der Waals surface area contributed by atoms with Crippen LogP contribution in [0.1, 0.15) is 37.3 Å². The van der Waals surface area contributed by atoms with Gasteiger partial charge in [-0.05, 0) is 44.9 Å². The summed E-state index contributed by atoms with van der Waals surface area (Å²) in [5, 5.41) is 2.58. The number of hydrogen-bond acceptors (Lipinski definition) is 4. The summed E-state index contributed by atoms with van der Waals surface area (Å²) in [5.74, 6) is 0.179. The number of aromatic nitrogens is 1. The zero-order valence-electron chi connectivity index (χ0n) is 14.3. The van der Waals surface area contributed by atoms with Crippen molar-refractivity contribution in [3.63, 3.8) is 0 Å². The molecule has 1 saturated heterocycles. The van der Waals surface area contributed by atoms with E-state index in [0.29, 0.717) is 24.5 Å². The Kier molecular flexibility index (Phi) is 4.74. The fraction of sp³-hybridized carbons (Fsp3) is 0.389. The average molecular weight is 343 g/mol. The van der Waals surface area contributed by atoms with Crippen LogP contribution >= 0.6 is 0 Å². The zero-order chi connectivity index (χ0) is 18.0. The molecule has 0 aliphatic carbocycles. The molecular formula is C18H21N3O4. The molecule has 2 aromatic rings. The van der Waals surface area contributed by atoms with Gasteiger partial charge >= 0.3 is 11.8 Å². The molecule has 1 aliphatic rings. The Morgan fingerprint density at radius 3 is 2.76 bits per heavy atom. The molecule has 0 saturated carbocycles. The Hall–Kier alpha value is -2.83. The van der Waals surface area contributed by atoms with Crippen molar-refractivity contribution >= 4 is 17.5 Å². The minimum absolute atomic E-state index is 0.153. The second kappa shape index (κ2) is 6.96. The van der Waals surface area contributed by atoms with Gasteiger partial charge in [0.15, 0.2) is 0 Å². The third kappa shape index (κ3) is 3.50. The summed E-state index contributed by atoms with van der Waals surface area (Å²) in [5.41, 5.74) is 0.268. The third-order valence-corrected chi connectivity index (χ3v) is 4.38. The second-order valence-corrected chi connectivity index (χ2v) is 6.10. The summed E-state index contributed by atoms with van der Waals surface area (Å²) in [4.78, 5) is 38.1. The van der Waals surface area contributed by atoms with E-state index < -0.39 is 11.8 Å². The molecule has 0 bridgehead atoms. The molecule has 1 N–H and O–H groups in total. The normalized spacial score (nSPS) is 16.9. The molecule has 1 atom stereocenters. The number of aryl methyl sites for hydroxylation is 2. The van der Waals surface area contributed by atoms with E-state index >= 15 is 0 Å². The van der Waals surface area contributed by atoms with Crippen LogP contribution in [0, 0.1) is 6.92 Å². The SMILES string of the molecule is CCn1cc(NC(=O)C(=O)N2CCCC2c2ccc(C)o2)ccc1=O. The first-order chi connectivity index (χ1) is 12.0. The molecule has 132 valence electrons. The Bertz CT molecular complexity index is 852. The molecule has 1 unspecified atom stereocenters. The van der Waals surface area contributed by atoms with E-state index in [0.717, 1.165) is 18.6 Å². The maximum absolute atomic E-state index is 12.6. The summed E-state index contributed by atoms with van der Waals surface area (Å²) in [7, 11) is 0. The van der Waals surface area contributed by atoms with Gasteiger partial charge in [-0.25, -0.2) is 0 Å². The number of nitrogens with zero attached hydrogens (tertiary/aromatic N) is 2. The van der Waals surface area contributed by atoms with E-state index in [1.807, 2.05) is 26.0 Å². The van der Waals surface area contributed by atoms with E-state index in [-0.39, 0.29) is 11.6 Å². The number of pyridine rings is 1. The summed E-state index contributed by atoms with van der Waals surface area (Å²) < 4.78 is 7.09. The number of carbonyl (C=O) groups excluding carboxylic acids is 2. The molecule has 0 radical (unpaired) electrons. The van der Waals surface area contributed by atoms with Crippen molar-refractivity contribution in [3.8, 4) is 0 Å². The number of hydrogen-bond donors (Lipinski definition) is 1. The molecule has 7 nitrogen and oxygen atoms in total. The lowest BCUT2D eigenvalue weighted by atomic mass is 10.1. The topological polar surface area (TPSA) is 84.6 Å². The first kappa shape index (κ1) is 17.0. The van der Waals surface area contributed by atoms with Crippen LogP contribution < -0.4 is 10.9 Å². The van der Waals surface area contributed by atoms with Crippen molar-refractivity contribution in [1.29, 1.82) is 0 Å². The Morgan fingerprint density at radius 1 is 1.28 bits per heavy atom. The fourth-order valence-electron chi connectivity index (χ4n) is 3.11. The summed E-state index contributed by atoms with van der Waals surface area (Å²) in [6.07, 6.45) is 3.13. The molecule has 2 aromatic heterocycles. The molecule has 2 amide bonds. The van der Waals surface area contributed by atoms with Gasteiger partial charge < -0.3 is 19.2 Å². The maximum atomic E-state index is 12.6. The Balaban J connectivity index is 1.73. The van der Waals surface area contributed by atoms with Crippen LogP contribution in [-0.4, -0.2) is 27.8 Å². The molecule has 1 fully saturated rings. The molecule has 0 aromatic carbocycles. The van der Waals surface area contributed by atoms with Gasteiger partial charge in [-0.15, -0.1) is 0 Å². The van der Waals surface area contributed by atoms with Gasteiger partial charge in [-0.2, -0.15) is 0 Å². The first-order valence-electron chi connectivity index (χ1n) is 8.38. The fourth-order valence-corrected chi connectivity index (χ4v) is 3.11. The highest BCUT2D eigenvalue weighted by Crippen LogP contribution is 2.33. The van der Waals surface area contributed by atoms with Gasteiger partial charge in [0.1, 0.15) is 11.5 Å². The van der Waals surface area contributed by atoms with Crippen molar-refractivity contribution in [2.24, 2.45) is 0 Å². The number of anilines is 1. The molecular weight excluding hydrogens is 322 g/mol. The van der Waals surface area contributed by atoms with Crippen LogP contribution in [0.3, 0.4) is 0 Å². The van der Waals surface area contributed by atoms with Crippen LogP contribution in [0.2, 0.25) is 0 Å². The number of likely N-dealkylation sites (tertiary alicyclic amines) is 1. The largest absolute Gasteiger partial charge is 0.464 e. The lowest BCUT2D eigenvalue weighted by Gasteiger charge is -2.22. The van der Waals surface area contributed by atoms with Crippen LogP contribution in [-0.2, 0) is 16.1 Å². The quantitative estimate of drug-likeness (QED) is 0.865. The van der Waals surface area contributed by atoms with Crippen LogP contribution in [0.5, 0.6) is 0 Å². The lowest BCUT2D eigenvalue weighted by molar-refractivity contribution is -0.144. The van der Waals surface area contributed by atoms with Gasteiger partial charge in [-0.1, -0.05) is 0 Å². The lowest BCUT2D eigenvalue weighted by Crippen LogP contribution is -2.39. The predicted octanol–water partition coefficient (Wildman–Crippen LogP) is 2.07. The highest BCUT2D eigenvalue weighted by molar-refractivity contribution is 6.39. The van der Waals surface area contributed by atoms with Gasteiger partial charge in [0, 0.05) is 25.4 Å². The van der Waals surface area contributed by atoms with E-state index in [4.69, 9.17) is 4.42 Å². The molecule has 25 heavy (non-hydrogen) atoms. The minimum Gasteiger partial charge on any atom is -0.464 e. The number of carbonyl (C=O) groups is 2. The van der Waals surface area contributed by atoms with Crippen LogP contribution in [0.25, 0.3) is 0 Å². The highest BCUT2D eigenvalue weighted by Gasteiger charge is 2.35. The second-order valence-electron chi connectivity index (χ2n) is 6.10. The van der Waals surface area contributed by atoms with E-state index in [9.17, 15) is 14.4 Å². The third-order valence-electron chi connectivity index (χ3n) is 4.38. The van der Waals surface area contributed by atoms with Crippen molar-refractivity contribution in [3.05, 3.63) is 52.3 Å². The van der Waals surface area contributed by atoms with E-state index in [1.54, 1.807) is 4.90 Å². The van der Waals surface area contributed by atoms with E-state index in [2.05, 4.69) is 5.32 Å². The summed E-state index contributed by atoms with van der Waals surface area (Å²) in [6.45, 7) is 4.69. The van der Waals surface area contributed by atoms with Crippen molar-refractivity contribution in [1.82, 2.24) is 9.47 Å². The van der Waals surface area contributed by atoms with Gasteiger partial charge in [0.2, 0.25) is 0 Å². The van der Waals surface area contributed by atoms with Crippen molar-refractivity contribution in [2.75, 3.05) is 11.9 Å². The smallest absolute Gasteiger partial charge is 0.313 e.